The number of nitrogens with one attached hydrogen (secondary N) is 1. The van der Waals surface area contributed by atoms with Gasteiger partial charge in [-0.1, -0.05) is 12.1 Å². The molecule has 0 spiro atoms. The van der Waals surface area contributed by atoms with Gasteiger partial charge in [0, 0.05) is 13.0 Å². The Morgan fingerprint density at radius 1 is 1.35 bits per heavy atom. The quantitative estimate of drug-likeness (QED) is 0.908. The van der Waals surface area contributed by atoms with Crippen LogP contribution < -0.4 is 10.1 Å². The van der Waals surface area contributed by atoms with Gasteiger partial charge in [0.2, 0.25) is 5.91 Å². The minimum Gasteiger partial charge on any atom is -0.497 e. The van der Waals surface area contributed by atoms with Crippen LogP contribution in [-0.2, 0) is 10.3 Å². The Hall–Kier alpha value is -1.55. The number of hydrogen-bond donors (Lipinski definition) is 1. The normalized spacial score (nSPS) is 26.8. The smallest absolute Gasteiger partial charge is 0.221 e. The van der Waals surface area contributed by atoms with Gasteiger partial charge in [-0.25, -0.2) is 0 Å². The van der Waals surface area contributed by atoms with Crippen LogP contribution in [0, 0.1) is 11.8 Å². The van der Waals surface area contributed by atoms with E-state index in [9.17, 15) is 4.79 Å². The molecule has 2 bridgehead atoms. The fraction of sp³-hybridized carbons (Fsp3) is 0.632. The SMILES string of the molecule is COc1cccc(C(C)(C)NC(=O)CC2CN3CCC2CC3)c1. The highest BCUT2D eigenvalue weighted by Gasteiger charge is 2.35. The molecule has 4 heteroatoms. The standard InChI is InChI=1S/C19H28N2O2/c1-19(2,16-5-4-6-17(12-16)23-3)20-18(22)11-15-13-21-9-7-14(15)8-10-21/h4-6,12,14-15H,7-11,13H2,1-3H3,(H,20,22). The van der Waals surface area contributed by atoms with E-state index >= 15 is 0 Å². The van der Waals surface area contributed by atoms with Crippen LogP contribution in [-0.4, -0.2) is 37.6 Å². The lowest BCUT2D eigenvalue weighted by molar-refractivity contribution is -0.125. The molecule has 1 unspecified atom stereocenters. The van der Waals surface area contributed by atoms with E-state index in [2.05, 4.69) is 24.1 Å². The van der Waals surface area contributed by atoms with Crippen LogP contribution in [0.5, 0.6) is 5.75 Å². The van der Waals surface area contributed by atoms with Gasteiger partial charge in [0.25, 0.3) is 0 Å². The van der Waals surface area contributed by atoms with Crippen LogP contribution in [0.3, 0.4) is 0 Å². The minimum atomic E-state index is -0.389. The van der Waals surface area contributed by atoms with Crippen molar-refractivity contribution in [1.82, 2.24) is 10.2 Å². The molecule has 4 nitrogen and oxygen atoms in total. The van der Waals surface area contributed by atoms with Crippen LogP contribution in [0.1, 0.15) is 38.7 Å². The van der Waals surface area contributed by atoms with Gasteiger partial charge < -0.3 is 15.0 Å². The molecule has 3 fully saturated rings. The van der Waals surface area contributed by atoms with Crippen molar-refractivity contribution in [2.45, 2.75) is 38.6 Å². The Kier molecular flexibility index (Phi) is 4.62. The highest BCUT2D eigenvalue weighted by atomic mass is 16.5. The highest BCUT2D eigenvalue weighted by molar-refractivity contribution is 5.77. The number of carbonyl (C=O) groups excluding carboxylic acids is 1. The maximum atomic E-state index is 12.6. The number of nitrogens with zero attached hydrogens (tertiary/aromatic N) is 1. The summed E-state index contributed by atoms with van der Waals surface area (Å²) in [5, 5.41) is 3.22. The van der Waals surface area contributed by atoms with E-state index in [1.165, 1.54) is 25.9 Å². The van der Waals surface area contributed by atoms with Crippen molar-refractivity contribution in [3.05, 3.63) is 29.8 Å². The first-order valence-corrected chi connectivity index (χ1v) is 8.66. The molecular weight excluding hydrogens is 288 g/mol. The van der Waals surface area contributed by atoms with Gasteiger partial charge in [-0.05, 0) is 69.3 Å². The largest absolute Gasteiger partial charge is 0.497 e. The number of ether oxygens (including phenoxy) is 1. The average Bonchev–Trinajstić information content (AvgIpc) is 2.55. The van der Waals surface area contributed by atoms with Crippen molar-refractivity contribution in [2.75, 3.05) is 26.7 Å². The zero-order valence-corrected chi connectivity index (χ0v) is 14.5. The molecule has 3 heterocycles. The minimum absolute atomic E-state index is 0.163. The van der Waals surface area contributed by atoms with Gasteiger partial charge >= 0.3 is 0 Å². The number of methoxy groups -OCH3 is 1. The Bertz CT molecular complexity index is 562. The number of hydrogen-bond acceptors (Lipinski definition) is 3. The van der Waals surface area contributed by atoms with Crippen LogP contribution in [0.15, 0.2) is 24.3 Å². The first kappa shape index (κ1) is 16.3. The molecule has 1 amide bonds. The van der Waals surface area contributed by atoms with E-state index in [0.717, 1.165) is 23.8 Å². The fourth-order valence-corrected chi connectivity index (χ4v) is 4.04. The molecule has 0 aromatic heterocycles. The first-order valence-electron chi connectivity index (χ1n) is 8.66. The molecule has 1 atom stereocenters. The summed E-state index contributed by atoms with van der Waals surface area (Å²) in [4.78, 5) is 15.1. The van der Waals surface area contributed by atoms with E-state index in [4.69, 9.17) is 4.74 Å². The fourth-order valence-electron chi connectivity index (χ4n) is 4.04. The number of carbonyl (C=O) groups is 1. The van der Waals surface area contributed by atoms with E-state index in [1.54, 1.807) is 7.11 Å². The summed E-state index contributed by atoms with van der Waals surface area (Å²) in [5.41, 5.74) is 0.679. The molecule has 3 aliphatic heterocycles. The zero-order chi connectivity index (χ0) is 16.4. The predicted octanol–water partition coefficient (Wildman–Crippen LogP) is 2.78. The van der Waals surface area contributed by atoms with Crippen LogP contribution >= 0.6 is 0 Å². The van der Waals surface area contributed by atoms with Crippen LogP contribution in [0.25, 0.3) is 0 Å². The number of piperidine rings is 3. The van der Waals surface area contributed by atoms with Crippen molar-refractivity contribution in [3.63, 3.8) is 0 Å². The second kappa shape index (κ2) is 6.52. The number of rotatable bonds is 5. The second-order valence-corrected chi connectivity index (χ2v) is 7.51. The summed E-state index contributed by atoms with van der Waals surface area (Å²) in [5.74, 6) is 2.25. The monoisotopic (exact) mass is 316 g/mol. The third-order valence-corrected chi connectivity index (χ3v) is 5.48. The molecule has 1 aromatic carbocycles. The highest BCUT2D eigenvalue weighted by Crippen LogP contribution is 2.34. The molecule has 0 aliphatic carbocycles. The van der Waals surface area contributed by atoms with E-state index in [1.807, 2.05) is 24.3 Å². The molecule has 1 N–H and O–H groups in total. The Balaban J connectivity index is 1.62. The summed E-state index contributed by atoms with van der Waals surface area (Å²) >= 11 is 0. The summed E-state index contributed by atoms with van der Waals surface area (Å²) in [6.45, 7) is 7.64. The van der Waals surface area contributed by atoms with Crippen molar-refractivity contribution < 1.29 is 9.53 Å². The summed E-state index contributed by atoms with van der Waals surface area (Å²) in [7, 11) is 1.66. The van der Waals surface area contributed by atoms with Gasteiger partial charge in [0.1, 0.15) is 5.75 Å². The van der Waals surface area contributed by atoms with Crippen molar-refractivity contribution in [1.29, 1.82) is 0 Å². The average molecular weight is 316 g/mol. The van der Waals surface area contributed by atoms with Crippen LogP contribution in [0.2, 0.25) is 0 Å². The number of amides is 1. The van der Waals surface area contributed by atoms with E-state index < -0.39 is 0 Å². The molecule has 126 valence electrons. The van der Waals surface area contributed by atoms with Gasteiger partial charge in [0.15, 0.2) is 0 Å². The summed E-state index contributed by atoms with van der Waals surface area (Å²) in [6.07, 6.45) is 3.17. The maximum absolute atomic E-state index is 12.6. The zero-order valence-electron chi connectivity index (χ0n) is 14.5. The molecule has 0 radical (unpaired) electrons. The molecule has 3 aliphatic rings. The van der Waals surface area contributed by atoms with Gasteiger partial charge in [0.05, 0.1) is 12.6 Å². The van der Waals surface area contributed by atoms with Gasteiger partial charge in [-0.3, -0.25) is 4.79 Å². The summed E-state index contributed by atoms with van der Waals surface area (Å²) < 4.78 is 5.29. The maximum Gasteiger partial charge on any atom is 0.221 e. The first-order chi connectivity index (χ1) is 11.0. The lowest BCUT2D eigenvalue weighted by atomic mass is 9.77. The molecule has 0 saturated carbocycles. The topological polar surface area (TPSA) is 41.6 Å². The predicted molar refractivity (Wildman–Crippen MR) is 91.4 cm³/mol. The van der Waals surface area contributed by atoms with Crippen LogP contribution in [0.4, 0.5) is 0 Å². The molecular formula is C19H28N2O2. The third-order valence-electron chi connectivity index (χ3n) is 5.48. The van der Waals surface area contributed by atoms with E-state index in [0.29, 0.717) is 12.3 Å². The van der Waals surface area contributed by atoms with Crippen molar-refractivity contribution >= 4 is 5.91 Å². The molecule has 4 rings (SSSR count). The number of fused-ring (bicyclic) bond motifs is 3. The van der Waals surface area contributed by atoms with Gasteiger partial charge in [-0.2, -0.15) is 0 Å². The Morgan fingerprint density at radius 2 is 2.09 bits per heavy atom. The lowest BCUT2D eigenvalue weighted by Crippen LogP contribution is -2.49. The van der Waals surface area contributed by atoms with E-state index in [-0.39, 0.29) is 11.4 Å². The van der Waals surface area contributed by atoms with Crippen molar-refractivity contribution in [2.24, 2.45) is 11.8 Å². The van der Waals surface area contributed by atoms with Crippen molar-refractivity contribution in [3.8, 4) is 5.75 Å². The Labute approximate surface area is 139 Å². The molecule has 23 heavy (non-hydrogen) atoms. The Morgan fingerprint density at radius 3 is 2.70 bits per heavy atom. The lowest BCUT2D eigenvalue weighted by Gasteiger charge is -2.44. The molecule has 1 aromatic rings. The summed E-state index contributed by atoms with van der Waals surface area (Å²) in [6, 6.07) is 7.93. The second-order valence-electron chi connectivity index (χ2n) is 7.51. The van der Waals surface area contributed by atoms with Gasteiger partial charge in [-0.15, -0.1) is 0 Å². The third kappa shape index (κ3) is 3.69. The number of benzene rings is 1. The molecule has 3 saturated heterocycles.